The fraction of sp³-hybridized carbons (Fsp3) is 0.143. The molecule has 0 bridgehead atoms. The van der Waals surface area contributed by atoms with E-state index in [0.717, 1.165) is 10.0 Å². The Morgan fingerprint density at radius 3 is 2.26 bits per heavy atom. The molecular formula is C14H10Br2F2O. The number of rotatable bonds is 4. The first-order valence-electron chi connectivity index (χ1n) is 5.52. The van der Waals surface area contributed by atoms with Gasteiger partial charge in [-0.3, -0.25) is 0 Å². The number of hydrogen-bond donors (Lipinski definition) is 0. The minimum atomic E-state index is -0.615. The van der Waals surface area contributed by atoms with Crippen molar-refractivity contribution in [2.24, 2.45) is 0 Å². The number of ether oxygens (including phenoxy) is 1. The van der Waals surface area contributed by atoms with Crippen molar-refractivity contribution in [2.45, 2.75) is 13.2 Å². The van der Waals surface area contributed by atoms with Crippen molar-refractivity contribution >= 4 is 31.9 Å². The summed E-state index contributed by atoms with van der Waals surface area (Å²) in [4.78, 5) is 0. The molecular weight excluding hydrogens is 382 g/mol. The molecule has 100 valence electrons. The normalized spacial score (nSPS) is 10.7. The van der Waals surface area contributed by atoms with Crippen molar-refractivity contribution in [1.29, 1.82) is 0 Å². The molecule has 0 aliphatic rings. The molecule has 0 saturated carbocycles. The molecule has 5 heteroatoms. The summed E-state index contributed by atoms with van der Waals surface area (Å²) in [5.41, 5.74) is 0.880. The number of hydrogen-bond acceptors (Lipinski definition) is 1. The van der Waals surface area contributed by atoms with Gasteiger partial charge < -0.3 is 4.74 Å². The molecule has 2 rings (SSSR count). The third-order valence-electron chi connectivity index (χ3n) is 2.57. The Bertz CT molecular complexity index is 570. The van der Waals surface area contributed by atoms with Crippen molar-refractivity contribution in [1.82, 2.24) is 0 Å². The predicted molar refractivity (Wildman–Crippen MR) is 76.7 cm³/mol. The highest BCUT2D eigenvalue weighted by molar-refractivity contribution is 9.10. The van der Waals surface area contributed by atoms with Crippen LogP contribution in [0.15, 0.2) is 45.3 Å². The Kier molecular flexibility index (Phi) is 5.07. The first-order valence-corrected chi connectivity index (χ1v) is 7.11. The molecule has 0 spiro atoms. The van der Waals surface area contributed by atoms with Crippen molar-refractivity contribution < 1.29 is 13.5 Å². The molecule has 0 aromatic heterocycles. The second-order valence-electron chi connectivity index (χ2n) is 3.94. The van der Waals surface area contributed by atoms with Crippen LogP contribution in [0.1, 0.15) is 11.1 Å². The van der Waals surface area contributed by atoms with E-state index in [4.69, 9.17) is 4.74 Å². The topological polar surface area (TPSA) is 9.23 Å². The van der Waals surface area contributed by atoms with Gasteiger partial charge in [-0.1, -0.05) is 28.1 Å². The summed E-state index contributed by atoms with van der Waals surface area (Å²) in [5, 5.41) is 0. The molecule has 0 amide bonds. The maximum absolute atomic E-state index is 13.7. The van der Waals surface area contributed by atoms with Crippen molar-refractivity contribution in [2.75, 3.05) is 0 Å². The van der Waals surface area contributed by atoms with Crippen LogP contribution < -0.4 is 0 Å². The van der Waals surface area contributed by atoms with Crippen LogP contribution >= 0.6 is 31.9 Å². The second-order valence-corrected chi connectivity index (χ2v) is 5.71. The lowest BCUT2D eigenvalue weighted by Crippen LogP contribution is -2.01. The molecule has 2 aromatic rings. The molecule has 0 atom stereocenters. The van der Waals surface area contributed by atoms with Gasteiger partial charge in [-0.25, -0.2) is 8.78 Å². The fourth-order valence-electron chi connectivity index (χ4n) is 1.55. The molecule has 0 aliphatic heterocycles. The van der Waals surface area contributed by atoms with E-state index in [-0.39, 0.29) is 16.6 Å². The van der Waals surface area contributed by atoms with E-state index in [1.165, 1.54) is 12.1 Å². The largest absolute Gasteiger partial charge is 0.372 e. The lowest BCUT2D eigenvalue weighted by Gasteiger charge is -2.08. The quantitative estimate of drug-likeness (QED) is 0.650. The molecule has 0 saturated heterocycles. The summed E-state index contributed by atoms with van der Waals surface area (Å²) in [6, 6.07) is 10.1. The second kappa shape index (κ2) is 6.59. The SMILES string of the molecule is Fc1ccc(Br)c(F)c1COCc1ccc(Br)cc1. The summed E-state index contributed by atoms with van der Waals surface area (Å²) in [6.07, 6.45) is 0. The molecule has 0 aliphatic carbocycles. The Morgan fingerprint density at radius 2 is 1.58 bits per heavy atom. The van der Waals surface area contributed by atoms with E-state index in [1.54, 1.807) is 0 Å². The monoisotopic (exact) mass is 390 g/mol. The van der Waals surface area contributed by atoms with E-state index >= 15 is 0 Å². The predicted octanol–water partition coefficient (Wildman–Crippen LogP) is 5.21. The van der Waals surface area contributed by atoms with Gasteiger partial charge in [0.15, 0.2) is 0 Å². The smallest absolute Gasteiger partial charge is 0.145 e. The average Bonchev–Trinajstić information content (AvgIpc) is 2.40. The maximum atomic E-state index is 13.7. The van der Waals surface area contributed by atoms with Gasteiger partial charge in [0.25, 0.3) is 0 Å². The van der Waals surface area contributed by atoms with Crippen LogP contribution in [0.25, 0.3) is 0 Å². The first kappa shape index (κ1) is 14.6. The van der Waals surface area contributed by atoms with Crippen LogP contribution in [0.2, 0.25) is 0 Å². The molecule has 0 unspecified atom stereocenters. The highest BCUT2D eigenvalue weighted by Crippen LogP contribution is 2.22. The molecule has 0 heterocycles. The van der Waals surface area contributed by atoms with Crippen molar-refractivity contribution in [3.05, 3.63) is 68.1 Å². The molecule has 0 N–H and O–H groups in total. The minimum absolute atomic E-state index is 0.0634. The van der Waals surface area contributed by atoms with E-state index < -0.39 is 11.6 Å². The van der Waals surface area contributed by atoms with Crippen LogP contribution in [0.3, 0.4) is 0 Å². The highest BCUT2D eigenvalue weighted by Gasteiger charge is 2.12. The van der Waals surface area contributed by atoms with Crippen LogP contribution in [0.5, 0.6) is 0 Å². The summed E-state index contributed by atoms with van der Waals surface area (Å²) in [5.74, 6) is -1.22. The minimum Gasteiger partial charge on any atom is -0.372 e. The molecule has 0 fully saturated rings. The van der Waals surface area contributed by atoms with E-state index in [0.29, 0.717) is 6.61 Å². The van der Waals surface area contributed by atoms with Gasteiger partial charge in [0, 0.05) is 4.47 Å². The zero-order chi connectivity index (χ0) is 13.8. The van der Waals surface area contributed by atoms with Gasteiger partial charge in [0.05, 0.1) is 23.2 Å². The third-order valence-corrected chi connectivity index (χ3v) is 3.71. The fourth-order valence-corrected chi connectivity index (χ4v) is 2.19. The maximum Gasteiger partial charge on any atom is 0.145 e. The Labute approximate surface area is 126 Å². The van der Waals surface area contributed by atoms with Crippen LogP contribution in [-0.2, 0) is 18.0 Å². The van der Waals surface area contributed by atoms with Crippen LogP contribution in [0, 0.1) is 11.6 Å². The van der Waals surface area contributed by atoms with E-state index in [2.05, 4.69) is 31.9 Å². The zero-order valence-corrected chi connectivity index (χ0v) is 13.0. The van der Waals surface area contributed by atoms with Crippen LogP contribution in [-0.4, -0.2) is 0 Å². The van der Waals surface area contributed by atoms with Gasteiger partial charge in [-0.15, -0.1) is 0 Å². The van der Waals surface area contributed by atoms with Gasteiger partial charge in [-0.05, 0) is 45.8 Å². The van der Waals surface area contributed by atoms with Gasteiger partial charge >= 0.3 is 0 Å². The zero-order valence-electron chi connectivity index (χ0n) is 9.80. The van der Waals surface area contributed by atoms with Gasteiger partial charge in [-0.2, -0.15) is 0 Å². The summed E-state index contributed by atoms with van der Waals surface area (Å²) in [6.45, 7) is 0.200. The van der Waals surface area contributed by atoms with Crippen molar-refractivity contribution in [3.8, 4) is 0 Å². The first-order chi connectivity index (χ1) is 9.08. The lowest BCUT2D eigenvalue weighted by atomic mass is 10.2. The summed E-state index contributed by atoms with van der Waals surface area (Å²) >= 11 is 6.35. The van der Waals surface area contributed by atoms with Gasteiger partial charge in [0.2, 0.25) is 0 Å². The van der Waals surface area contributed by atoms with E-state index in [1.807, 2.05) is 24.3 Å². The van der Waals surface area contributed by atoms with Gasteiger partial charge in [0.1, 0.15) is 11.6 Å². The number of halogens is 4. The summed E-state index contributed by atoms with van der Waals surface area (Å²) < 4.78 is 33.7. The molecule has 2 aromatic carbocycles. The van der Waals surface area contributed by atoms with Crippen molar-refractivity contribution in [3.63, 3.8) is 0 Å². The average molecular weight is 392 g/mol. The molecule has 1 nitrogen and oxygen atoms in total. The Morgan fingerprint density at radius 1 is 0.895 bits per heavy atom. The molecule has 19 heavy (non-hydrogen) atoms. The van der Waals surface area contributed by atoms with Crippen LogP contribution in [0.4, 0.5) is 8.78 Å². The summed E-state index contributed by atoms with van der Waals surface area (Å²) in [7, 11) is 0. The highest BCUT2D eigenvalue weighted by atomic mass is 79.9. The lowest BCUT2D eigenvalue weighted by molar-refractivity contribution is 0.102. The molecule has 0 radical (unpaired) electrons. The standard InChI is InChI=1S/C14H10Br2F2O/c15-10-3-1-9(2-4-10)7-19-8-11-13(17)6-5-12(16)14(11)18/h1-6H,7-8H2. The van der Waals surface area contributed by atoms with E-state index in [9.17, 15) is 8.78 Å². The number of benzene rings is 2. The Hall–Kier alpha value is -0.780. The third kappa shape index (κ3) is 3.84. The Balaban J connectivity index is 2.00.